The number of nitrogens with one attached hydrogen (secondary N) is 2. The van der Waals surface area contributed by atoms with Crippen LogP contribution in [-0.2, 0) is 16.4 Å². The summed E-state index contributed by atoms with van der Waals surface area (Å²) in [7, 11) is -3.76. The summed E-state index contributed by atoms with van der Waals surface area (Å²) in [4.78, 5) is 22.6. The van der Waals surface area contributed by atoms with Crippen LogP contribution in [-0.4, -0.2) is 65.7 Å². The molecular weight excluding hydrogens is 468 g/mol. The molecule has 1 fully saturated rings. The molecule has 3 heterocycles. The highest BCUT2D eigenvalue weighted by Gasteiger charge is 2.21. The van der Waals surface area contributed by atoms with Crippen LogP contribution in [0.4, 0.5) is 0 Å². The number of ether oxygens (including phenoxy) is 1. The third-order valence-corrected chi connectivity index (χ3v) is 7.66. The van der Waals surface area contributed by atoms with Crippen molar-refractivity contribution < 1.29 is 13.2 Å². The number of rotatable bonds is 10. The number of nitrogens with zero attached hydrogens (tertiary/aromatic N) is 4. The number of aryl methyl sites for hydroxylation is 2. The summed E-state index contributed by atoms with van der Waals surface area (Å²) in [6.07, 6.45) is 5.06. The Bertz CT molecular complexity index is 1340. The minimum absolute atomic E-state index is 0.0907. The van der Waals surface area contributed by atoms with Gasteiger partial charge in [0.2, 0.25) is 10.0 Å². The second kappa shape index (κ2) is 10.9. The standard InChI is InChI=1S/C24H34N6O4S/c1-4-9-21-26-17(3)22-24(31)27-23(28-30(21)22)19-16-18(10-11-20(19)34-5-2)35(32,33)25-12-15-29-13-7-6-8-14-29/h10-11,16,25H,4-9,12-15H2,1-3H3,(H,27,28,31). The van der Waals surface area contributed by atoms with E-state index in [0.717, 1.165) is 32.4 Å². The molecule has 10 nitrogen and oxygen atoms in total. The molecule has 1 aromatic carbocycles. The van der Waals surface area contributed by atoms with Gasteiger partial charge in [0, 0.05) is 19.5 Å². The van der Waals surface area contributed by atoms with E-state index in [1.165, 1.54) is 18.6 Å². The van der Waals surface area contributed by atoms with Crippen molar-refractivity contribution >= 4 is 15.5 Å². The Morgan fingerprint density at radius 1 is 1.17 bits per heavy atom. The lowest BCUT2D eigenvalue weighted by Gasteiger charge is -2.26. The Kier molecular flexibility index (Phi) is 7.88. The average Bonchev–Trinajstić information content (AvgIpc) is 3.15. The fraction of sp³-hybridized carbons (Fsp3) is 0.542. The molecule has 4 rings (SSSR count). The van der Waals surface area contributed by atoms with E-state index in [9.17, 15) is 13.2 Å². The quantitative estimate of drug-likeness (QED) is 0.437. The van der Waals surface area contributed by atoms with Gasteiger partial charge in [-0.1, -0.05) is 13.3 Å². The third kappa shape index (κ3) is 5.57. The summed E-state index contributed by atoms with van der Waals surface area (Å²) in [6, 6.07) is 4.62. The summed E-state index contributed by atoms with van der Waals surface area (Å²) in [5.74, 6) is 1.36. The van der Waals surface area contributed by atoms with Crippen LogP contribution >= 0.6 is 0 Å². The van der Waals surface area contributed by atoms with Gasteiger partial charge in [-0.15, -0.1) is 5.10 Å². The largest absolute Gasteiger partial charge is 0.493 e. The third-order valence-electron chi connectivity index (χ3n) is 6.20. The molecule has 0 spiro atoms. The van der Waals surface area contributed by atoms with Gasteiger partial charge >= 0.3 is 0 Å². The van der Waals surface area contributed by atoms with Gasteiger partial charge in [0.25, 0.3) is 5.56 Å². The maximum absolute atomic E-state index is 13.1. The first-order valence-corrected chi connectivity index (χ1v) is 13.8. The highest BCUT2D eigenvalue weighted by Crippen LogP contribution is 2.30. The Morgan fingerprint density at radius 2 is 1.94 bits per heavy atom. The van der Waals surface area contributed by atoms with Gasteiger partial charge in [0.1, 0.15) is 11.6 Å². The molecule has 11 heteroatoms. The number of hydrogen-bond donors (Lipinski definition) is 2. The van der Waals surface area contributed by atoms with Crippen molar-refractivity contribution in [1.29, 1.82) is 0 Å². The van der Waals surface area contributed by atoms with E-state index in [1.54, 1.807) is 17.5 Å². The van der Waals surface area contributed by atoms with Crippen molar-refractivity contribution in [2.24, 2.45) is 0 Å². The Balaban J connectivity index is 1.68. The van der Waals surface area contributed by atoms with E-state index < -0.39 is 10.0 Å². The number of aromatic amines is 1. The molecule has 190 valence electrons. The topological polar surface area (TPSA) is 122 Å². The summed E-state index contributed by atoms with van der Waals surface area (Å²) in [6.45, 7) is 9.05. The van der Waals surface area contributed by atoms with Gasteiger partial charge in [-0.2, -0.15) is 0 Å². The SMILES string of the molecule is CCCc1nc(C)c2c(=O)[nH]c(-c3cc(S(=O)(=O)NCCN4CCCCC4)ccc3OCC)nn12. The molecule has 35 heavy (non-hydrogen) atoms. The Morgan fingerprint density at radius 3 is 2.66 bits per heavy atom. The highest BCUT2D eigenvalue weighted by molar-refractivity contribution is 7.89. The number of piperidine rings is 1. The van der Waals surface area contributed by atoms with Crippen LogP contribution in [0.3, 0.4) is 0 Å². The van der Waals surface area contributed by atoms with Crippen LogP contribution in [0.1, 0.15) is 51.0 Å². The van der Waals surface area contributed by atoms with Gasteiger partial charge < -0.3 is 14.6 Å². The van der Waals surface area contributed by atoms with E-state index in [4.69, 9.17) is 4.74 Å². The molecular formula is C24H34N6O4S. The van der Waals surface area contributed by atoms with Gasteiger partial charge in [-0.05, 0) is 64.4 Å². The number of H-pyrrole nitrogens is 1. The summed E-state index contributed by atoms with van der Waals surface area (Å²) in [5, 5.41) is 4.63. The summed E-state index contributed by atoms with van der Waals surface area (Å²) < 4.78 is 36.1. The van der Waals surface area contributed by atoms with Gasteiger partial charge in [0.05, 0.1) is 22.8 Å². The molecule has 1 aliphatic rings. The van der Waals surface area contributed by atoms with E-state index in [0.29, 0.717) is 54.5 Å². The molecule has 3 aromatic rings. The molecule has 1 saturated heterocycles. The lowest BCUT2D eigenvalue weighted by Crippen LogP contribution is -2.37. The fourth-order valence-electron chi connectivity index (χ4n) is 4.49. The number of fused-ring (bicyclic) bond motifs is 1. The maximum Gasteiger partial charge on any atom is 0.277 e. The van der Waals surface area contributed by atoms with E-state index >= 15 is 0 Å². The zero-order valence-electron chi connectivity index (χ0n) is 20.6. The predicted molar refractivity (Wildman–Crippen MR) is 134 cm³/mol. The molecule has 2 aromatic heterocycles. The Labute approximate surface area is 205 Å². The molecule has 0 aliphatic carbocycles. The van der Waals surface area contributed by atoms with Gasteiger partial charge in [0.15, 0.2) is 11.3 Å². The predicted octanol–water partition coefficient (Wildman–Crippen LogP) is 2.51. The van der Waals surface area contributed by atoms with Crippen LogP contribution in [0.25, 0.3) is 16.9 Å². The number of sulfonamides is 1. The molecule has 0 radical (unpaired) electrons. The molecule has 0 saturated carbocycles. The monoisotopic (exact) mass is 502 g/mol. The lowest BCUT2D eigenvalue weighted by molar-refractivity contribution is 0.233. The highest BCUT2D eigenvalue weighted by atomic mass is 32.2. The molecule has 0 unspecified atom stereocenters. The van der Waals surface area contributed by atoms with E-state index in [2.05, 4.69) is 24.7 Å². The van der Waals surface area contributed by atoms with Crippen LogP contribution in [0, 0.1) is 6.92 Å². The smallest absolute Gasteiger partial charge is 0.277 e. The fourth-order valence-corrected chi connectivity index (χ4v) is 5.54. The van der Waals surface area contributed by atoms with Crippen molar-refractivity contribution in [2.75, 3.05) is 32.8 Å². The van der Waals surface area contributed by atoms with E-state index in [-0.39, 0.29) is 16.3 Å². The summed E-state index contributed by atoms with van der Waals surface area (Å²) in [5.41, 5.74) is 1.06. The van der Waals surface area contributed by atoms with Crippen LogP contribution in [0.5, 0.6) is 5.75 Å². The van der Waals surface area contributed by atoms with Crippen molar-refractivity contribution in [3.05, 3.63) is 40.1 Å². The number of benzene rings is 1. The molecule has 2 N–H and O–H groups in total. The van der Waals surface area contributed by atoms with Crippen LogP contribution in [0.15, 0.2) is 27.9 Å². The van der Waals surface area contributed by atoms with Crippen LogP contribution < -0.4 is 15.0 Å². The molecule has 0 bridgehead atoms. The minimum atomic E-state index is -3.76. The first-order chi connectivity index (χ1) is 16.8. The zero-order valence-corrected chi connectivity index (χ0v) is 21.4. The zero-order chi connectivity index (χ0) is 25.0. The number of aromatic nitrogens is 4. The average molecular weight is 503 g/mol. The molecule has 0 amide bonds. The van der Waals surface area contributed by atoms with Gasteiger partial charge in [-0.3, -0.25) is 4.79 Å². The van der Waals surface area contributed by atoms with Gasteiger partial charge in [-0.25, -0.2) is 22.6 Å². The number of hydrogen-bond acceptors (Lipinski definition) is 7. The van der Waals surface area contributed by atoms with Crippen molar-refractivity contribution in [1.82, 2.24) is 29.2 Å². The van der Waals surface area contributed by atoms with Crippen molar-refractivity contribution in [3.8, 4) is 17.1 Å². The van der Waals surface area contributed by atoms with Crippen molar-refractivity contribution in [2.45, 2.75) is 57.8 Å². The maximum atomic E-state index is 13.1. The molecule has 1 aliphatic heterocycles. The second-order valence-corrected chi connectivity index (χ2v) is 10.6. The molecule has 0 atom stereocenters. The lowest BCUT2D eigenvalue weighted by atomic mass is 10.1. The Hall–Kier alpha value is -2.76. The number of imidazole rings is 1. The summed E-state index contributed by atoms with van der Waals surface area (Å²) >= 11 is 0. The first kappa shape index (κ1) is 25.3. The normalized spacial score (nSPS) is 15.1. The van der Waals surface area contributed by atoms with Crippen LogP contribution in [0.2, 0.25) is 0 Å². The second-order valence-electron chi connectivity index (χ2n) is 8.82. The number of likely N-dealkylation sites (tertiary alicyclic amines) is 1. The first-order valence-electron chi connectivity index (χ1n) is 12.3. The minimum Gasteiger partial charge on any atom is -0.493 e. The van der Waals surface area contributed by atoms with Crippen molar-refractivity contribution in [3.63, 3.8) is 0 Å². The van der Waals surface area contributed by atoms with E-state index in [1.807, 2.05) is 13.8 Å².